The Bertz CT molecular complexity index is 881. The average Bonchev–Trinajstić information content (AvgIpc) is 2.88. The summed E-state index contributed by atoms with van der Waals surface area (Å²) in [6.07, 6.45) is 2.33. The highest BCUT2D eigenvalue weighted by Gasteiger charge is 2.17. The Balaban J connectivity index is 2.05. The number of ether oxygens (including phenoxy) is 2. The Morgan fingerprint density at radius 3 is 2.76 bits per heavy atom. The van der Waals surface area contributed by atoms with E-state index < -0.39 is 5.60 Å². The molecule has 0 atom stereocenters. The molecule has 1 aromatic carbocycles. The van der Waals surface area contributed by atoms with E-state index >= 15 is 0 Å². The van der Waals surface area contributed by atoms with Crippen molar-refractivity contribution in [2.45, 2.75) is 39.4 Å². The predicted molar refractivity (Wildman–Crippen MR) is 97.8 cm³/mol. The molecule has 0 amide bonds. The van der Waals surface area contributed by atoms with E-state index in [0.29, 0.717) is 26.2 Å². The maximum atomic E-state index is 9.89. The molecule has 6 heteroatoms. The third-order valence-corrected chi connectivity index (χ3v) is 4.19. The zero-order valence-electron chi connectivity index (χ0n) is 15.2. The van der Waals surface area contributed by atoms with E-state index in [4.69, 9.17) is 9.47 Å². The van der Waals surface area contributed by atoms with Crippen LogP contribution in [0.1, 0.15) is 33.0 Å². The van der Waals surface area contributed by atoms with Gasteiger partial charge in [-0.25, -0.2) is 4.98 Å². The van der Waals surface area contributed by atoms with Gasteiger partial charge < -0.3 is 19.1 Å². The maximum Gasteiger partial charge on any atom is 0.135 e. The molecule has 134 valence electrons. The number of aromatic nitrogens is 3. The topological polar surface area (TPSA) is 69.4 Å². The van der Waals surface area contributed by atoms with E-state index in [2.05, 4.69) is 9.97 Å². The Labute approximate surface area is 147 Å². The van der Waals surface area contributed by atoms with Crippen molar-refractivity contribution in [2.75, 3.05) is 13.2 Å². The number of nitrogens with zero attached hydrogens (tertiary/aromatic N) is 3. The number of hydrogen-bond donors (Lipinski definition) is 1. The maximum absolute atomic E-state index is 9.89. The molecule has 2 aromatic heterocycles. The Morgan fingerprint density at radius 2 is 2.04 bits per heavy atom. The molecule has 2 heterocycles. The molecule has 0 unspecified atom stereocenters. The Morgan fingerprint density at radius 1 is 1.24 bits per heavy atom. The minimum absolute atomic E-state index is 0.433. The summed E-state index contributed by atoms with van der Waals surface area (Å²) in [5.41, 5.74) is 1.91. The van der Waals surface area contributed by atoms with Crippen LogP contribution in [0.3, 0.4) is 0 Å². The van der Waals surface area contributed by atoms with Gasteiger partial charge in [-0.1, -0.05) is 6.07 Å². The third kappa shape index (κ3) is 3.75. The molecule has 3 rings (SSSR count). The molecule has 0 saturated heterocycles. The fraction of sp³-hybridized carbons (Fsp3) is 0.474. The van der Waals surface area contributed by atoms with E-state index in [-0.39, 0.29) is 0 Å². The quantitative estimate of drug-likeness (QED) is 0.713. The summed E-state index contributed by atoms with van der Waals surface area (Å²) in [4.78, 5) is 9.16. The standard InChI is InChI=1S/C19H25N3O3/c1-5-24-12-16-21-14-11-20-13-7-6-8-15(17(13)18(14)22(16)4)25-10-9-19(2,3)23/h6-8,11,23H,5,9-10,12H2,1-4H3. The van der Waals surface area contributed by atoms with Crippen LogP contribution in [0.4, 0.5) is 0 Å². The number of fused-ring (bicyclic) bond motifs is 3. The highest BCUT2D eigenvalue weighted by atomic mass is 16.5. The van der Waals surface area contributed by atoms with Gasteiger partial charge in [-0.15, -0.1) is 0 Å². The molecule has 0 aliphatic rings. The molecule has 0 aliphatic carbocycles. The van der Waals surface area contributed by atoms with Gasteiger partial charge in [0.25, 0.3) is 0 Å². The van der Waals surface area contributed by atoms with E-state index in [1.54, 1.807) is 20.0 Å². The first kappa shape index (κ1) is 17.6. The zero-order valence-corrected chi connectivity index (χ0v) is 15.2. The van der Waals surface area contributed by atoms with Gasteiger partial charge in [-0.2, -0.15) is 0 Å². The third-order valence-electron chi connectivity index (χ3n) is 4.19. The molecular weight excluding hydrogens is 318 g/mol. The fourth-order valence-corrected chi connectivity index (χ4v) is 2.80. The number of imidazole rings is 1. The van der Waals surface area contributed by atoms with Gasteiger partial charge in [-0.3, -0.25) is 4.98 Å². The van der Waals surface area contributed by atoms with Crippen LogP contribution in [0.5, 0.6) is 5.75 Å². The highest BCUT2D eigenvalue weighted by Crippen LogP contribution is 2.32. The largest absolute Gasteiger partial charge is 0.493 e. The first-order valence-electron chi connectivity index (χ1n) is 8.56. The van der Waals surface area contributed by atoms with Crippen LogP contribution >= 0.6 is 0 Å². The lowest BCUT2D eigenvalue weighted by atomic mass is 10.1. The summed E-state index contributed by atoms with van der Waals surface area (Å²) in [5.74, 6) is 1.61. The molecule has 0 spiro atoms. The van der Waals surface area contributed by atoms with Crippen LogP contribution in [0, 0.1) is 0 Å². The van der Waals surface area contributed by atoms with Crippen molar-refractivity contribution in [2.24, 2.45) is 7.05 Å². The van der Waals surface area contributed by atoms with Crippen molar-refractivity contribution in [3.05, 3.63) is 30.2 Å². The second kappa shape index (κ2) is 6.98. The SMILES string of the molecule is CCOCc1nc2cnc3cccc(OCCC(C)(C)O)c3c2n1C. The van der Waals surface area contributed by atoms with Crippen molar-refractivity contribution < 1.29 is 14.6 Å². The second-order valence-electron chi connectivity index (χ2n) is 6.78. The van der Waals surface area contributed by atoms with Crippen molar-refractivity contribution >= 4 is 21.9 Å². The highest BCUT2D eigenvalue weighted by molar-refractivity contribution is 6.05. The average molecular weight is 343 g/mol. The van der Waals surface area contributed by atoms with Crippen LogP contribution in [-0.4, -0.2) is 38.5 Å². The summed E-state index contributed by atoms with van der Waals surface area (Å²) in [5, 5.41) is 10.8. The van der Waals surface area contributed by atoms with Gasteiger partial charge in [0.1, 0.15) is 23.7 Å². The minimum atomic E-state index is -0.755. The molecule has 0 aliphatic heterocycles. The lowest BCUT2D eigenvalue weighted by Crippen LogP contribution is -2.21. The lowest BCUT2D eigenvalue weighted by molar-refractivity contribution is 0.0555. The van der Waals surface area contributed by atoms with Crippen LogP contribution in [0.15, 0.2) is 24.4 Å². The van der Waals surface area contributed by atoms with Crippen LogP contribution < -0.4 is 4.74 Å². The van der Waals surface area contributed by atoms with Crippen LogP contribution in [0.25, 0.3) is 21.9 Å². The molecule has 25 heavy (non-hydrogen) atoms. The van der Waals surface area contributed by atoms with Gasteiger partial charge in [0, 0.05) is 20.1 Å². The van der Waals surface area contributed by atoms with E-state index in [1.807, 2.05) is 36.7 Å². The number of aryl methyl sites for hydroxylation is 1. The van der Waals surface area contributed by atoms with Gasteiger partial charge in [0.15, 0.2) is 0 Å². The molecule has 0 saturated carbocycles. The van der Waals surface area contributed by atoms with E-state index in [9.17, 15) is 5.11 Å². The summed E-state index contributed by atoms with van der Waals surface area (Å²) < 4.78 is 13.5. The summed E-state index contributed by atoms with van der Waals surface area (Å²) in [6, 6.07) is 5.83. The summed E-state index contributed by atoms with van der Waals surface area (Å²) in [6.45, 7) is 7.07. The number of pyridine rings is 1. The van der Waals surface area contributed by atoms with E-state index in [1.165, 1.54) is 0 Å². The van der Waals surface area contributed by atoms with Crippen molar-refractivity contribution in [1.82, 2.24) is 14.5 Å². The number of rotatable bonds is 7. The Kier molecular flexibility index (Phi) is 4.92. The smallest absolute Gasteiger partial charge is 0.135 e. The molecule has 6 nitrogen and oxygen atoms in total. The fourth-order valence-electron chi connectivity index (χ4n) is 2.80. The molecule has 0 bridgehead atoms. The van der Waals surface area contributed by atoms with Gasteiger partial charge in [0.2, 0.25) is 0 Å². The van der Waals surface area contributed by atoms with Crippen molar-refractivity contribution in [1.29, 1.82) is 0 Å². The number of benzene rings is 1. The first-order chi connectivity index (χ1) is 11.9. The lowest BCUT2D eigenvalue weighted by Gasteiger charge is -2.17. The Hall–Kier alpha value is -2.18. The molecule has 1 N–H and O–H groups in total. The van der Waals surface area contributed by atoms with Crippen molar-refractivity contribution in [3.8, 4) is 5.75 Å². The summed E-state index contributed by atoms with van der Waals surface area (Å²) >= 11 is 0. The molecular formula is C19H25N3O3. The normalized spacial score (nSPS) is 12.2. The molecule has 3 aromatic rings. The molecule has 0 fully saturated rings. The van der Waals surface area contributed by atoms with Crippen molar-refractivity contribution in [3.63, 3.8) is 0 Å². The van der Waals surface area contributed by atoms with Gasteiger partial charge >= 0.3 is 0 Å². The van der Waals surface area contributed by atoms with Gasteiger partial charge in [-0.05, 0) is 32.9 Å². The van der Waals surface area contributed by atoms with Crippen LogP contribution in [0.2, 0.25) is 0 Å². The number of hydrogen-bond acceptors (Lipinski definition) is 5. The summed E-state index contributed by atoms with van der Waals surface area (Å²) in [7, 11) is 1.98. The minimum Gasteiger partial charge on any atom is -0.493 e. The second-order valence-corrected chi connectivity index (χ2v) is 6.78. The predicted octanol–water partition coefficient (Wildman–Crippen LogP) is 3.20. The molecule has 0 radical (unpaired) electrons. The van der Waals surface area contributed by atoms with Gasteiger partial charge in [0.05, 0.1) is 34.8 Å². The van der Waals surface area contributed by atoms with Crippen LogP contribution in [-0.2, 0) is 18.4 Å². The monoisotopic (exact) mass is 343 g/mol. The first-order valence-corrected chi connectivity index (χ1v) is 8.56. The van der Waals surface area contributed by atoms with E-state index in [0.717, 1.165) is 33.5 Å². The zero-order chi connectivity index (χ0) is 18.0. The number of aliphatic hydroxyl groups is 1.